The van der Waals surface area contributed by atoms with Gasteiger partial charge < -0.3 is 5.32 Å². The average molecular weight is 297 g/mol. The van der Waals surface area contributed by atoms with Gasteiger partial charge in [0.15, 0.2) is 0 Å². The number of carbonyl (C=O) groups is 1. The predicted octanol–water partition coefficient (Wildman–Crippen LogP) is 3.39. The van der Waals surface area contributed by atoms with Crippen molar-refractivity contribution in [3.8, 4) is 6.07 Å². The lowest BCUT2D eigenvalue weighted by Gasteiger charge is -2.17. The summed E-state index contributed by atoms with van der Waals surface area (Å²) in [6.45, 7) is 2.22. The summed E-state index contributed by atoms with van der Waals surface area (Å²) in [6.07, 6.45) is 6.18. The van der Waals surface area contributed by atoms with Crippen molar-refractivity contribution in [3.05, 3.63) is 46.1 Å². The van der Waals surface area contributed by atoms with Crippen molar-refractivity contribution in [2.45, 2.75) is 26.2 Å². The fraction of sp³-hybridized carbons (Fsp3) is 0.312. The van der Waals surface area contributed by atoms with Crippen molar-refractivity contribution in [1.29, 1.82) is 5.26 Å². The van der Waals surface area contributed by atoms with Crippen LogP contribution in [0.3, 0.4) is 0 Å². The molecule has 0 unspecified atom stereocenters. The van der Waals surface area contributed by atoms with Crippen LogP contribution in [0.15, 0.2) is 24.5 Å². The molecule has 0 fully saturated rings. The highest BCUT2D eigenvalue weighted by atomic mass is 32.1. The summed E-state index contributed by atoms with van der Waals surface area (Å²) in [6, 6.07) is 5.69. The predicted molar refractivity (Wildman–Crippen MR) is 82.4 cm³/mol. The van der Waals surface area contributed by atoms with Crippen LogP contribution in [0.25, 0.3) is 0 Å². The molecule has 0 saturated heterocycles. The summed E-state index contributed by atoms with van der Waals surface area (Å²) in [5.41, 5.74) is 2.27. The number of thiophene rings is 1. The van der Waals surface area contributed by atoms with Gasteiger partial charge in [-0.25, -0.2) is 0 Å². The topological polar surface area (TPSA) is 65.8 Å². The van der Waals surface area contributed by atoms with Crippen LogP contribution in [0.1, 0.15) is 39.7 Å². The van der Waals surface area contributed by atoms with Gasteiger partial charge in [-0.1, -0.05) is 6.92 Å². The molecule has 1 aliphatic carbocycles. The van der Waals surface area contributed by atoms with E-state index in [1.54, 1.807) is 18.3 Å². The molecule has 0 aromatic carbocycles. The number of anilines is 1. The highest BCUT2D eigenvalue weighted by Gasteiger charge is 2.24. The lowest BCUT2D eigenvalue weighted by atomic mass is 9.88. The number of fused-ring (bicyclic) bond motifs is 1. The standard InChI is InChI=1S/C16H15N3OS/c1-10-4-5-12-13(8-17)16(21-14(12)7-10)19-15(20)11-3-2-6-18-9-11/h2-3,6,9-10H,4-5,7H2,1H3,(H,19,20)/t10-/m1/s1. The van der Waals surface area contributed by atoms with Crippen LogP contribution in [-0.2, 0) is 12.8 Å². The summed E-state index contributed by atoms with van der Waals surface area (Å²) in [4.78, 5) is 17.4. The minimum atomic E-state index is -0.216. The Balaban J connectivity index is 1.90. The number of amides is 1. The largest absolute Gasteiger partial charge is 0.312 e. The maximum absolute atomic E-state index is 12.2. The van der Waals surface area contributed by atoms with Gasteiger partial charge in [0.1, 0.15) is 11.1 Å². The summed E-state index contributed by atoms with van der Waals surface area (Å²) in [5, 5.41) is 12.9. The Bertz CT molecular complexity index is 715. The van der Waals surface area contributed by atoms with Crippen molar-refractivity contribution in [2.75, 3.05) is 5.32 Å². The molecule has 3 rings (SSSR count). The van der Waals surface area contributed by atoms with E-state index in [1.165, 1.54) is 22.4 Å². The third-order valence-electron chi connectivity index (χ3n) is 3.77. The number of aromatic nitrogens is 1. The summed E-state index contributed by atoms with van der Waals surface area (Å²) in [7, 11) is 0. The normalized spacial score (nSPS) is 16.9. The Morgan fingerprint density at radius 3 is 3.14 bits per heavy atom. The number of nitrogens with one attached hydrogen (secondary N) is 1. The van der Waals surface area contributed by atoms with E-state index in [9.17, 15) is 10.1 Å². The first kappa shape index (κ1) is 13.8. The Kier molecular flexibility index (Phi) is 3.72. The van der Waals surface area contributed by atoms with Gasteiger partial charge in [-0.3, -0.25) is 9.78 Å². The number of carbonyl (C=O) groups excluding carboxylic acids is 1. The van der Waals surface area contributed by atoms with E-state index >= 15 is 0 Å². The smallest absolute Gasteiger partial charge is 0.257 e. The maximum Gasteiger partial charge on any atom is 0.257 e. The summed E-state index contributed by atoms with van der Waals surface area (Å²) in [5.74, 6) is 0.427. The van der Waals surface area contributed by atoms with Gasteiger partial charge in [-0.2, -0.15) is 5.26 Å². The first-order valence-electron chi connectivity index (χ1n) is 6.95. The van der Waals surface area contributed by atoms with Gasteiger partial charge in [-0.15, -0.1) is 11.3 Å². The third-order valence-corrected chi connectivity index (χ3v) is 4.94. The highest BCUT2D eigenvalue weighted by Crippen LogP contribution is 2.39. The molecule has 2 aromatic heterocycles. The second-order valence-electron chi connectivity index (χ2n) is 5.36. The molecule has 0 aliphatic heterocycles. The average Bonchev–Trinajstić information content (AvgIpc) is 2.84. The number of hydrogen-bond donors (Lipinski definition) is 1. The number of rotatable bonds is 2. The zero-order chi connectivity index (χ0) is 14.8. The Labute approximate surface area is 127 Å². The maximum atomic E-state index is 12.2. The molecule has 2 heterocycles. The van der Waals surface area contributed by atoms with Gasteiger partial charge in [-0.05, 0) is 42.9 Å². The molecule has 5 heteroatoms. The minimum absolute atomic E-state index is 0.216. The monoisotopic (exact) mass is 297 g/mol. The molecule has 4 nitrogen and oxygen atoms in total. The fourth-order valence-electron chi connectivity index (χ4n) is 2.63. The first-order chi connectivity index (χ1) is 10.2. The lowest BCUT2D eigenvalue weighted by molar-refractivity contribution is 0.102. The van der Waals surface area contributed by atoms with E-state index < -0.39 is 0 Å². The molecular weight excluding hydrogens is 282 g/mol. The second-order valence-corrected chi connectivity index (χ2v) is 6.47. The highest BCUT2D eigenvalue weighted by molar-refractivity contribution is 7.16. The van der Waals surface area contributed by atoms with E-state index in [-0.39, 0.29) is 5.91 Å². The Morgan fingerprint density at radius 2 is 2.43 bits per heavy atom. The van der Waals surface area contributed by atoms with Crippen LogP contribution in [0.5, 0.6) is 0 Å². The van der Waals surface area contributed by atoms with Crippen LogP contribution in [0, 0.1) is 17.2 Å². The van der Waals surface area contributed by atoms with Crippen molar-refractivity contribution in [1.82, 2.24) is 4.98 Å². The number of nitriles is 1. The first-order valence-corrected chi connectivity index (χ1v) is 7.76. The van der Waals surface area contributed by atoms with E-state index in [4.69, 9.17) is 0 Å². The Morgan fingerprint density at radius 1 is 1.57 bits per heavy atom. The van der Waals surface area contributed by atoms with Gasteiger partial charge in [0.2, 0.25) is 0 Å². The van der Waals surface area contributed by atoms with Crippen LogP contribution >= 0.6 is 11.3 Å². The lowest BCUT2D eigenvalue weighted by Crippen LogP contribution is -2.12. The molecule has 1 N–H and O–H groups in total. The number of pyridine rings is 1. The van der Waals surface area contributed by atoms with E-state index in [0.29, 0.717) is 22.0 Å². The van der Waals surface area contributed by atoms with Gasteiger partial charge >= 0.3 is 0 Å². The van der Waals surface area contributed by atoms with Gasteiger partial charge in [0.05, 0.1) is 11.1 Å². The number of hydrogen-bond acceptors (Lipinski definition) is 4. The van der Waals surface area contributed by atoms with Crippen molar-refractivity contribution < 1.29 is 4.79 Å². The molecule has 0 radical (unpaired) electrons. The van der Waals surface area contributed by atoms with Crippen LogP contribution in [0.4, 0.5) is 5.00 Å². The van der Waals surface area contributed by atoms with Gasteiger partial charge in [0.25, 0.3) is 5.91 Å². The fourth-order valence-corrected chi connectivity index (χ4v) is 3.99. The van der Waals surface area contributed by atoms with Gasteiger partial charge in [0, 0.05) is 17.3 Å². The molecule has 106 valence electrons. The van der Waals surface area contributed by atoms with E-state index in [2.05, 4.69) is 23.3 Å². The third kappa shape index (κ3) is 2.67. The zero-order valence-corrected chi connectivity index (χ0v) is 12.5. The molecule has 1 amide bonds. The van der Waals surface area contributed by atoms with Crippen molar-refractivity contribution in [2.24, 2.45) is 5.92 Å². The van der Waals surface area contributed by atoms with Crippen LogP contribution < -0.4 is 5.32 Å². The van der Waals surface area contributed by atoms with Crippen molar-refractivity contribution in [3.63, 3.8) is 0 Å². The molecule has 0 bridgehead atoms. The molecule has 2 aromatic rings. The summed E-state index contributed by atoms with van der Waals surface area (Å²) < 4.78 is 0. The second kappa shape index (κ2) is 5.66. The minimum Gasteiger partial charge on any atom is -0.312 e. The molecule has 0 saturated carbocycles. The molecule has 0 spiro atoms. The van der Waals surface area contributed by atoms with Crippen LogP contribution in [0.2, 0.25) is 0 Å². The number of nitrogens with zero attached hydrogens (tertiary/aromatic N) is 2. The Hall–Kier alpha value is -2.19. The molecule has 1 aliphatic rings. The van der Waals surface area contributed by atoms with E-state index in [1.807, 2.05) is 0 Å². The van der Waals surface area contributed by atoms with Crippen molar-refractivity contribution >= 4 is 22.2 Å². The van der Waals surface area contributed by atoms with E-state index in [0.717, 1.165) is 24.8 Å². The molecule has 21 heavy (non-hydrogen) atoms. The molecule has 1 atom stereocenters. The quantitative estimate of drug-likeness (QED) is 0.924. The zero-order valence-electron chi connectivity index (χ0n) is 11.7. The van der Waals surface area contributed by atoms with Crippen LogP contribution in [-0.4, -0.2) is 10.9 Å². The SMILES string of the molecule is C[C@@H]1CCc2c(sc(NC(=O)c3cccnc3)c2C#N)C1. The molecular formula is C16H15N3OS. The summed E-state index contributed by atoms with van der Waals surface area (Å²) >= 11 is 1.54.